The fraction of sp³-hybridized carbons (Fsp3) is 0.444. The van der Waals surface area contributed by atoms with Crippen LogP contribution in [-0.2, 0) is 0 Å². The van der Waals surface area contributed by atoms with Crippen molar-refractivity contribution in [2.75, 3.05) is 11.4 Å². The Labute approximate surface area is 117 Å². The Kier molecular flexibility index (Phi) is 4.14. The first-order chi connectivity index (χ1) is 9.06. The maximum Gasteiger partial charge on any atom is 0.0483 e. The first kappa shape index (κ1) is 13.9. The van der Waals surface area contributed by atoms with E-state index in [0.717, 1.165) is 6.54 Å². The molecule has 0 aromatic heterocycles. The number of rotatable bonds is 4. The minimum atomic E-state index is 0.522. The van der Waals surface area contributed by atoms with Crippen molar-refractivity contribution in [3.63, 3.8) is 0 Å². The molecule has 0 N–H and O–H groups in total. The van der Waals surface area contributed by atoms with Gasteiger partial charge in [-0.1, -0.05) is 50.2 Å². The molecule has 1 nitrogen and oxygen atoms in total. The third-order valence-electron chi connectivity index (χ3n) is 3.81. The summed E-state index contributed by atoms with van der Waals surface area (Å²) < 4.78 is 0. The largest absolute Gasteiger partial charge is 0.369 e. The highest BCUT2D eigenvalue weighted by Crippen LogP contribution is 2.36. The van der Waals surface area contributed by atoms with E-state index in [9.17, 15) is 0 Å². The highest BCUT2D eigenvalue weighted by Gasteiger charge is 2.17. The van der Waals surface area contributed by atoms with Crippen LogP contribution in [0.4, 0.5) is 5.69 Å². The third-order valence-corrected chi connectivity index (χ3v) is 3.81. The van der Waals surface area contributed by atoms with Gasteiger partial charge in [0.2, 0.25) is 0 Å². The molecule has 0 radical (unpaired) electrons. The van der Waals surface area contributed by atoms with Crippen LogP contribution >= 0.6 is 0 Å². The minimum absolute atomic E-state index is 0.522. The predicted molar refractivity (Wildman–Crippen MR) is 86.2 cm³/mol. The Balaban J connectivity index is 2.75. The van der Waals surface area contributed by atoms with E-state index in [1.807, 2.05) is 0 Å². The van der Waals surface area contributed by atoms with Crippen molar-refractivity contribution in [2.45, 2.75) is 46.6 Å². The molecule has 0 fully saturated rings. The number of anilines is 1. The number of hydrogen-bond donors (Lipinski definition) is 0. The van der Waals surface area contributed by atoms with Crippen LogP contribution in [0.25, 0.3) is 10.8 Å². The molecule has 2 rings (SSSR count). The Hall–Kier alpha value is -1.50. The average Bonchev–Trinajstić information content (AvgIpc) is 2.39. The van der Waals surface area contributed by atoms with Crippen molar-refractivity contribution >= 4 is 16.5 Å². The fourth-order valence-corrected chi connectivity index (χ4v) is 2.84. The molecule has 102 valence electrons. The normalized spacial score (nSPS) is 11.5. The fourth-order valence-electron chi connectivity index (χ4n) is 2.84. The van der Waals surface area contributed by atoms with Crippen molar-refractivity contribution in [1.29, 1.82) is 0 Å². The SMILES string of the molecule is CCN(c1c(C(C)C)ccc2ccccc12)C(C)C. The summed E-state index contributed by atoms with van der Waals surface area (Å²) in [6.45, 7) is 12.4. The number of hydrogen-bond acceptors (Lipinski definition) is 1. The van der Waals surface area contributed by atoms with Gasteiger partial charge in [0.05, 0.1) is 0 Å². The summed E-state index contributed by atoms with van der Waals surface area (Å²) in [5.74, 6) is 0.549. The summed E-state index contributed by atoms with van der Waals surface area (Å²) in [7, 11) is 0. The van der Waals surface area contributed by atoms with Crippen LogP contribution in [-0.4, -0.2) is 12.6 Å². The van der Waals surface area contributed by atoms with Crippen LogP contribution in [0.2, 0.25) is 0 Å². The lowest BCUT2D eigenvalue weighted by molar-refractivity contribution is 0.697. The van der Waals surface area contributed by atoms with Crippen molar-refractivity contribution in [2.24, 2.45) is 0 Å². The minimum Gasteiger partial charge on any atom is -0.369 e. The van der Waals surface area contributed by atoms with E-state index in [-0.39, 0.29) is 0 Å². The highest BCUT2D eigenvalue weighted by atomic mass is 15.1. The Morgan fingerprint density at radius 2 is 1.63 bits per heavy atom. The molecule has 2 aromatic rings. The quantitative estimate of drug-likeness (QED) is 0.726. The first-order valence-corrected chi connectivity index (χ1v) is 7.34. The molecular formula is C18H25N. The molecule has 0 aliphatic rings. The van der Waals surface area contributed by atoms with Gasteiger partial charge in [0, 0.05) is 23.7 Å². The van der Waals surface area contributed by atoms with Crippen LogP contribution in [0.15, 0.2) is 36.4 Å². The molecule has 0 heterocycles. The maximum atomic E-state index is 2.51. The second-order valence-electron chi connectivity index (χ2n) is 5.76. The topological polar surface area (TPSA) is 3.24 Å². The Morgan fingerprint density at radius 3 is 2.21 bits per heavy atom. The van der Waals surface area contributed by atoms with Crippen LogP contribution in [0.5, 0.6) is 0 Å². The molecule has 19 heavy (non-hydrogen) atoms. The maximum absolute atomic E-state index is 2.51. The van der Waals surface area contributed by atoms with Crippen LogP contribution in [0, 0.1) is 0 Å². The molecular weight excluding hydrogens is 230 g/mol. The van der Waals surface area contributed by atoms with E-state index in [1.54, 1.807) is 0 Å². The van der Waals surface area contributed by atoms with Gasteiger partial charge in [0.1, 0.15) is 0 Å². The van der Waals surface area contributed by atoms with Gasteiger partial charge in [0.25, 0.3) is 0 Å². The summed E-state index contributed by atoms with van der Waals surface area (Å²) in [5, 5.41) is 2.71. The predicted octanol–water partition coefficient (Wildman–Crippen LogP) is 5.20. The molecule has 0 bridgehead atoms. The first-order valence-electron chi connectivity index (χ1n) is 7.34. The van der Waals surface area contributed by atoms with E-state index in [1.165, 1.54) is 22.0 Å². The number of benzene rings is 2. The van der Waals surface area contributed by atoms with Gasteiger partial charge in [-0.2, -0.15) is 0 Å². The van der Waals surface area contributed by atoms with E-state index < -0.39 is 0 Å². The van der Waals surface area contributed by atoms with Crippen LogP contribution in [0.3, 0.4) is 0 Å². The second kappa shape index (κ2) is 5.64. The van der Waals surface area contributed by atoms with Crippen LogP contribution in [0.1, 0.15) is 46.1 Å². The van der Waals surface area contributed by atoms with Crippen LogP contribution < -0.4 is 4.90 Å². The molecule has 0 spiro atoms. The Morgan fingerprint density at radius 1 is 0.947 bits per heavy atom. The zero-order valence-corrected chi connectivity index (χ0v) is 12.8. The van der Waals surface area contributed by atoms with E-state index in [0.29, 0.717) is 12.0 Å². The van der Waals surface area contributed by atoms with E-state index in [2.05, 4.69) is 75.9 Å². The highest BCUT2D eigenvalue weighted by molar-refractivity contribution is 5.96. The van der Waals surface area contributed by atoms with Gasteiger partial charge in [-0.05, 0) is 37.6 Å². The third kappa shape index (κ3) is 2.60. The van der Waals surface area contributed by atoms with Gasteiger partial charge < -0.3 is 4.90 Å². The number of fused-ring (bicyclic) bond motifs is 1. The van der Waals surface area contributed by atoms with Crippen molar-refractivity contribution in [3.05, 3.63) is 42.0 Å². The summed E-state index contributed by atoms with van der Waals surface area (Å²) >= 11 is 0. The van der Waals surface area contributed by atoms with Gasteiger partial charge >= 0.3 is 0 Å². The van der Waals surface area contributed by atoms with Gasteiger partial charge in [-0.25, -0.2) is 0 Å². The summed E-state index contributed by atoms with van der Waals surface area (Å²) in [4.78, 5) is 2.51. The lowest BCUT2D eigenvalue weighted by Gasteiger charge is -2.32. The average molecular weight is 255 g/mol. The Bertz CT molecular complexity index is 555. The van der Waals surface area contributed by atoms with E-state index >= 15 is 0 Å². The van der Waals surface area contributed by atoms with Crippen molar-refractivity contribution < 1.29 is 0 Å². The molecule has 0 aliphatic heterocycles. The molecule has 0 aliphatic carbocycles. The molecule has 0 amide bonds. The molecule has 0 unspecified atom stereocenters. The van der Waals surface area contributed by atoms with Crippen molar-refractivity contribution in [1.82, 2.24) is 0 Å². The van der Waals surface area contributed by atoms with Gasteiger partial charge in [-0.3, -0.25) is 0 Å². The summed E-state index contributed by atoms with van der Waals surface area (Å²) in [5.41, 5.74) is 2.87. The van der Waals surface area contributed by atoms with Gasteiger partial charge in [0.15, 0.2) is 0 Å². The smallest absolute Gasteiger partial charge is 0.0483 e. The molecule has 1 heteroatoms. The zero-order valence-electron chi connectivity index (χ0n) is 12.8. The molecule has 0 atom stereocenters. The molecule has 2 aromatic carbocycles. The molecule has 0 saturated carbocycles. The van der Waals surface area contributed by atoms with E-state index in [4.69, 9.17) is 0 Å². The second-order valence-corrected chi connectivity index (χ2v) is 5.76. The molecule has 0 saturated heterocycles. The summed E-state index contributed by atoms with van der Waals surface area (Å²) in [6, 6.07) is 13.8. The number of nitrogens with zero attached hydrogens (tertiary/aromatic N) is 1. The standard InChI is InChI=1S/C18H25N/c1-6-19(14(4)5)18-16(13(2)3)12-11-15-9-7-8-10-17(15)18/h7-14H,6H2,1-5H3. The van der Waals surface area contributed by atoms with Crippen molar-refractivity contribution in [3.8, 4) is 0 Å². The zero-order chi connectivity index (χ0) is 14.0. The summed E-state index contributed by atoms with van der Waals surface area (Å²) in [6.07, 6.45) is 0. The van der Waals surface area contributed by atoms with Gasteiger partial charge in [-0.15, -0.1) is 0 Å². The lowest BCUT2D eigenvalue weighted by Crippen LogP contribution is -2.31. The monoisotopic (exact) mass is 255 g/mol. The lowest BCUT2D eigenvalue weighted by atomic mass is 9.95.